The monoisotopic (exact) mass is 532 g/mol. The van der Waals surface area contributed by atoms with Gasteiger partial charge in [0.25, 0.3) is 0 Å². The van der Waals surface area contributed by atoms with Gasteiger partial charge in [0.1, 0.15) is 6.61 Å². The fourth-order valence-electron chi connectivity index (χ4n) is 3.66. The summed E-state index contributed by atoms with van der Waals surface area (Å²) in [7, 11) is 1.63. The molecule has 7 heteroatoms. The fourth-order valence-corrected chi connectivity index (χ4v) is 4.61. The number of benzene rings is 3. The number of rotatable bonds is 9. The molecule has 3 aromatic carbocycles. The molecule has 1 heterocycles. The van der Waals surface area contributed by atoms with Crippen LogP contribution >= 0.6 is 39.1 Å². The first-order valence-corrected chi connectivity index (χ1v) is 11.8. The fraction of sp³-hybridized carbons (Fsp3) is 0.200. The van der Waals surface area contributed by atoms with E-state index >= 15 is 0 Å². The van der Waals surface area contributed by atoms with Crippen LogP contribution in [0.25, 0.3) is 10.9 Å². The third kappa shape index (κ3) is 5.07. The van der Waals surface area contributed by atoms with Gasteiger partial charge >= 0.3 is 0 Å². The first-order valence-electron chi connectivity index (χ1n) is 10.2. The van der Waals surface area contributed by atoms with Crippen LogP contribution in [0, 0.1) is 0 Å². The van der Waals surface area contributed by atoms with Crippen molar-refractivity contribution in [1.29, 1.82) is 0 Å². The molecule has 4 rings (SSSR count). The number of H-pyrrole nitrogens is 1. The van der Waals surface area contributed by atoms with Crippen LogP contribution in [0.1, 0.15) is 16.7 Å². The lowest BCUT2D eigenvalue weighted by Crippen LogP contribution is -2.18. The van der Waals surface area contributed by atoms with Gasteiger partial charge in [-0.05, 0) is 48.9 Å². The Hall–Kier alpha value is -2.18. The summed E-state index contributed by atoms with van der Waals surface area (Å²) in [5.41, 5.74) is 4.18. The van der Waals surface area contributed by atoms with Crippen molar-refractivity contribution in [3.63, 3.8) is 0 Å². The molecule has 0 saturated heterocycles. The van der Waals surface area contributed by atoms with E-state index < -0.39 is 0 Å². The molecule has 0 atom stereocenters. The Kier molecular flexibility index (Phi) is 7.63. The summed E-state index contributed by atoms with van der Waals surface area (Å²) < 4.78 is 12.7. The van der Waals surface area contributed by atoms with Gasteiger partial charge in [0, 0.05) is 49.3 Å². The predicted molar refractivity (Wildman–Crippen MR) is 135 cm³/mol. The molecule has 0 aliphatic rings. The van der Waals surface area contributed by atoms with Crippen LogP contribution in [0.15, 0.2) is 65.3 Å². The molecule has 0 bridgehead atoms. The lowest BCUT2D eigenvalue weighted by molar-refractivity contribution is 0.280. The largest absolute Gasteiger partial charge is 0.493 e. The number of nitrogens with one attached hydrogen (secondary N) is 2. The molecule has 1 aromatic heterocycles. The van der Waals surface area contributed by atoms with E-state index in [9.17, 15) is 0 Å². The van der Waals surface area contributed by atoms with Crippen molar-refractivity contribution in [2.45, 2.75) is 19.6 Å². The lowest BCUT2D eigenvalue weighted by Gasteiger charge is -2.18. The Morgan fingerprint density at radius 1 is 0.969 bits per heavy atom. The van der Waals surface area contributed by atoms with E-state index in [0.29, 0.717) is 28.1 Å². The highest BCUT2D eigenvalue weighted by Gasteiger charge is 2.16. The van der Waals surface area contributed by atoms with E-state index in [1.54, 1.807) is 19.2 Å². The summed E-state index contributed by atoms with van der Waals surface area (Å²) in [6.45, 7) is 1.68. The van der Waals surface area contributed by atoms with Gasteiger partial charge < -0.3 is 19.8 Å². The first kappa shape index (κ1) is 23.0. The highest BCUT2D eigenvalue weighted by Crippen LogP contribution is 2.37. The molecule has 0 radical (unpaired) electrons. The molecule has 4 aromatic rings. The summed E-state index contributed by atoms with van der Waals surface area (Å²) in [5, 5.41) is 5.94. The second kappa shape index (κ2) is 10.6. The minimum absolute atomic E-state index is 0.244. The van der Waals surface area contributed by atoms with Crippen LogP contribution in [0.5, 0.6) is 11.5 Å². The zero-order valence-electron chi connectivity index (χ0n) is 17.6. The third-order valence-corrected chi connectivity index (χ3v) is 6.81. The van der Waals surface area contributed by atoms with Crippen molar-refractivity contribution in [2.24, 2.45) is 0 Å². The van der Waals surface area contributed by atoms with Crippen LogP contribution < -0.4 is 14.8 Å². The average Bonchev–Trinajstić information content (AvgIpc) is 3.21. The maximum Gasteiger partial charge on any atom is 0.167 e. The summed E-state index contributed by atoms with van der Waals surface area (Å²) >= 11 is 16.3. The van der Waals surface area contributed by atoms with E-state index in [-0.39, 0.29) is 6.61 Å². The van der Waals surface area contributed by atoms with Crippen LogP contribution in [-0.2, 0) is 19.6 Å². The predicted octanol–water partition coefficient (Wildman–Crippen LogP) is 7.16. The van der Waals surface area contributed by atoms with E-state index in [0.717, 1.165) is 34.1 Å². The Morgan fingerprint density at radius 3 is 2.53 bits per heavy atom. The molecular weight excluding hydrogens is 511 g/mol. The standard InChI is InChI=1S/C25H23BrCl2N2O2/c1-31-24-10-9-20(26)18(25(24)32-15-19-21(27)6-4-7-22(19)28)14-29-12-11-16-13-30-23-8-3-2-5-17(16)23/h2-10,13,29-30H,11-12,14-15H2,1H3. The minimum Gasteiger partial charge on any atom is -0.493 e. The third-order valence-electron chi connectivity index (χ3n) is 5.36. The van der Waals surface area contributed by atoms with Crippen molar-refractivity contribution in [3.8, 4) is 11.5 Å². The zero-order chi connectivity index (χ0) is 22.5. The first-order chi connectivity index (χ1) is 15.6. The van der Waals surface area contributed by atoms with Crippen LogP contribution in [0.4, 0.5) is 0 Å². The van der Waals surface area contributed by atoms with Gasteiger partial charge in [0.2, 0.25) is 0 Å². The molecule has 0 saturated carbocycles. The van der Waals surface area contributed by atoms with Gasteiger partial charge in [-0.15, -0.1) is 0 Å². The Bertz CT molecular complexity index is 1210. The number of aromatic nitrogens is 1. The quantitative estimate of drug-likeness (QED) is 0.224. The van der Waals surface area contributed by atoms with Crippen molar-refractivity contribution >= 4 is 50.0 Å². The topological polar surface area (TPSA) is 46.3 Å². The summed E-state index contributed by atoms with van der Waals surface area (Å²) in [5.74, 6) is 1.32. The maximum absolute atomic E-state index is 6.31. The molecule has 0 aliphatic carbocycles. The number of methoxy groups -OCH3 is 1. The maximum atomic E-state index is 6.31. The Labute approximate surface area is 206 Å². The van der Waals surface area contributed by atoms with Crippen LogP contribution in [0.3, 0.4) is 0 Å². The highest BCUT2D eigenvalue weighted by atomic mass is 79.9. The van der Waals surface area contributed by atoms with Gasteiger partial charge in [-0.2, -0.15) is 0 Å². The number of aromatic amines is 1. The molecule has 0 amide bonds. The van der Waals surface area contributed by atoms with Crippen LogP contribution in [-0.4, -0.2) is 18.6 Å². The van der Waals surface area contributed by atoms with Crippen molar-refractivity contribution in [3.05, 3.63) is 92.0 Å². The van der Waals surface area contributed by atoms with Crippen molar-refractivity contribution in [2.75, 3.05) is 13.7 Å². The molecular formula is C25H23BrCl2N2O2. The second-order valence-electron chi connectivity index (χ2n) is 7.33. The Morgan fingerprint density at radius 2 is 1.75 bits per heavy atom. The number of hydrogen-bond donors (Lipinski definition) is 2. The zero-order valence-corrected chi connectivity index (χ0v) is 20.7. The van der Waals surface area contributed by atoms with Gasteiger partial charge in [-0.1, -0.05) is 63.4 Å². The summed E-state index contributed by atoms with van der Waals surface area (Å²) in [6.07, 6.45) is 2.99. The molecule has 0 unspecified atom stereocenters. The summed E-state index contributed by atoms with van der Waals surface area (Å²) in [4.78, 5) is 3.33. The number of fused-ring (bicyclic) bond motifs is 1. The SMILES string of the molecule is COc1ccc(Br)c(CNCCc2c[nH]c3ccccc23)c1OCc1c(Cl)cccc1Cl. The van der Waals surface area contributed by atoms with Crippen LogP contribution in [0.2, 0.25) is 10.0 Å². The smallest absolute Gasteiger partial charge is 0.167 e. The molecule has 0 spiro atoms. The van der Waals surface area contributed by atoms with E-state index in [4.69, 9.17) is 32.7 Å². The average molecular weight is 534 g/mol. The number of hydrogen-bond acceptors (Lipinski definition) is 3. The normalized spacial score (nSPS) is 11.1. The second-order valence-corrected chi connectivity index (χ2v) is 9.00. The minimum atomic E-state index is 0.244. The van der Waals surface area contributed by atoms with Gasteiger partial charge in [0.05, 0.1) is 7.11 Å². The molecule has 166 valence electrons. The highest BCUT2D eigenvalue weighted by molar-refractivity contribution is 9.10. The summed E-state index contributed by atoms with van der Waals surface area (Å²) in [6, 6.07) is 17.6. The number of para-hydroxylation sites is 1. The van der Waals surface area contributed by atoms with E-state index in [2.05, 4.69) is 50.6 Å². The number of halogens is 3. The molecule has 0 fully saturated rings. The molecule has 4 nitrogen and oxygen atoms in total. The van der Waals surface area contributed by atoms with E-state index in [1.165, 1.54) is 10.9 Å². The van der Waals surface area contributed by atoms with Gasteiger partial charge in [-0.25, -0.2) is 0 Å². The van der Waals surface area contributed by atoms with Gasteiger partial charge in [0.15, 0.2) is 11.5 Å². The van der Waals surface area contributed by atoms with Crippen molar-refractivity contribution < 1.29 is 9.47 Å². The van der Waals surface area contributed by atoms with E-state index in [1.807, 2.05) is 24.3 Å². The number of ether oxygens (including phenoxy) is 2. The molecule has 2 N–H and O–H groups in total. The Balaban J connectivity index is 1.46. The molecule has 32 heavy (non-hydrogen) atoms. The van der Waals surface area contributed by atoms with Crippen molar-refractivity contribution in [1.82, 2.24) is 10.3 Å². The molecule has 0 aliphatic heterocycles. The lowest BCUT2D eigenvalue weighted by atomic mass is 10.1. The van der Waals surface area contributed by atoms with Gasteiger partial charge in [-0.3, -0.25) is 0 Å².